The van der Waals surface area contributed by atoms with Gasteiger partial charge >= 0.3 is 0 Å². The molecule has 56 valence electrons. The highest BCUT2D eigenvalue weighted by Crippen LogP contribution is 2.26. The van der Waals surface area contributed by atoms with Crippen molar-refractivity contribution in [1.29, 1.82) is 5.26 Å². The molecule has 0 aliphatic rings. The molecule has 0 amide bonds. The molecule has 0 aliphatic carbocycles. The highest BCUT2D eigenvalue weighted by Gasteiger charge is 2.01. The highest BCUT2D eigenvalue weighted by atomic mass is 35.5. The van der Waals surface area contributed by atoms with Gasteiger partial charge in [-0.05, 0) is 19.1 Å². The molecule has 0 unspecified atom stereocenters. The molecule has 1 rings (SSSR count). The molecule has 11 heavy (non-hydrogen) atoms. The minimum absolute atomic E-state index is 0.682. The van der Waals surface area contributed by atoms with Gasteiger partial charge < -0.3 is 0 Å². The number of hydrogen-bond donors (Lipinski definition) is 0. The minimum atomic E-state index is 0.682. The summed E-state index contributed by atoms with van der Waals surface area (Å²) in [5, 5.41) is 8.63. The van der Waals surface area contributed by atoms with Gasteiger partial charge in [-0.3, -0.25) is 0 Å². The van der Waals surface area contributed by atoms with Crippen molar-refractivity contribution in [3.63, 3.8) is 0 Å². The number of thiophene rings is 1. The van der Waals surface area contributed by atoms with Crippen molar-refractivity contribution >= 4 is 28.5 Å². The quantitative estimate of drug-likeness (QED) is 0.613. The maximum Gasteiger partial charge on any atom is 0.100 e. The van der Waals surface area contributed by atoms with E-state index in [0.717, 1.165) is 9.21 Å². The molecule has 0 aliphatic heterocycles. The van der Waals surface area contributed by atoms with E-state index in [4.69, 9.17) is 16.9 Å². The number of hydrogen-bond acceptors (Lipinski definition) is 2. The molecule has 0 aromatic carbocycles. The first-order chi connectivity index (χ1) is 5.27. The number of nitrogens with zero attached hydrogens (tertiary/aromatic N) is 1. The van der Waals surface area contributed by atoms with E-state index in [1.807, 2.05) is 13.0 Å². The van der Waals surface area contributed by atoms with Crippen molar-refractivity contribution in [3.05, 3.63) is 27.4 Å². The van der Waals surface area contributed by atoms with Gasteiger partial charge in [0.2, 0.25) is 0 Å². The maximum absolute atomic E-state index is 8.63. The van der Waals surface area contributed by atoms with Crippen LogP contribution in [0.25, 0.3) is 5.57 Å². The molecule has 0 atom stereocenters. The van der Waals surface area contributed by atoms with Crippen LogP contribution < -0.4 is 0 Å². The number of halogens is 1. The van der Waals surface area contributed by atoms with Crippen LogP contribution in [0.15, 0.2) is 18.2 Å². The second-order valence-electron chi connectivity index (χ2n) is 1.92. The van der Waals surface area contributed by atoms with Crippen LogP contribution in [-0.2, 0) is 0 Å². The van der Waals surface area contributed by atoms with Gasteiger partial charge in [0.1, 0.15) is 6.07 Å². The van der Waals surface area contributed by atoms with Crippen LogP contribution in [0, 0.1) is 11.3 Å². The average molecular weight is 184 g/mol. The lowest BCUT2D eigenvalue weighted by atomic mass is 10.2. The first-order valence-corrected chi connectivity index (χ1v) is 4.29. The van der Waals surface area contributed by atoms with Gasteiger partial charge in [-0.25, -0.2) is 0 Å². The Labute approximate surface area is 74.5 Å². The van der Waals surface area contributed by atoms with Crippen LogP contribution in [0.2, 0.25) is 4.34 Å². The van der Waals surface area contributed by atoms with Crippen molar-refractivity contribution in [1.82, 2.24) is 0 Å². The van der Waals surface area contributed by atoms with Crippen molar-refractivity contribution in [2.45, 2.75) is 6.92 Å². The molecule has 1 aromatic rings. The fourth-order valence-corrected chi connectivity index (χ4v) is 1.79. The Kier molecular flexibility index (Phi) is 2.70. The highest BCUT2D eigenvalue weighted by molar-refractivity contribution is 7.17. The molecule has 1 aromatic heterocycles. The second-order valence-corrected chi connectivity index (χ2v) is 3.63. The van der Waals surface area contributed by atoms with Crippen LogP contribution in [0.5, 0.6) is 0 Å². The zero-order chi connectivity index (χ0) is 8.27. The van der Waals surface area contributed by atoms with E-state index in [0.29, 0.717) is 5.57 Å². The average Bonchev–Trinajstić information content (AvgIpc) is 2.39. The Morgan fingerprint density at radius 2 is 2.45 bits per heavy atom. The van der Waals surface area contributed by atoms with Crippen molar-refractivity contribution in [2.24, 2.45) is 0 Å². The first kappa shape index (κ1) is 8.32. The van der Waals surface area contributed by atoms with E-state index in [2.05, 4.69) is 6.07 Å². The third-order valence-corrected chi connectivity index (χ3v) is 2.51. The van der Waals surface area contributed by atoms with E-state index < -0.39 is 0 Å². The third-order valence-electron chi connectivity index (χ3n) is 1.25. The van der Waals surface area contributed by atoms with Gasteiger partial charge in [-0.1, -0.05) is 17.7 Å². The number of allylic oxidation sites excluding steroid dienone is 2. The van der Waals surface area contributed by atoms with Crippen LogP contribution in [0.1, 0.15) is 11.8 Å². The lowest BCUT2D eigenvalue weighted by molar-refractivity contribution is 1.53. The summed E-state index contributed by atoms with van der Waals surface area (Å²) in [4.78, 5) is 0.931. The summed E-state index contributed by atoms with van der Waals surface area (Å²) >= 11 is 7.12. The molecule has 0 fully saturated rings. The van der Waals surface area contributed by atoms with Gasteiger partial charge in [-0.15, -0.1) is 11.3 Å². The van der Waals surface area contributed by atoms with Crippen LogP contribution >= 0.6 is 22.9 Å². The molecule has 0 spiro atoms. The van der Waals surface area contributed by atoms with Gasteiger partial charge in [0.05, 0.1) is 9.91 Å². The van der Waals surface area contributed by atoms with Crippen molar-refractivity contribution < 1.29 is 0 Å². The summed E-state index contributed by atoms with van der Waals surface area (Å²) in [6.45, 7) is 1.84. The molecule has 0 radical (unpaired) electrons. The topological polar surface area (TPSA) is 23.8 Å². The number of nitriles is 1. The summed E-state index contributed by atoms with van der Waals surface area (Å²) < 4.78 is 0.717. The summed E-state index contributed by atoms with van der Waals surface area (Å²) in [5.41, 5.74) is 0.682. The van der Waals surface area contributed by atoms with E-state index in [-0.39, 0.29) is 0 Å². The Morgan fingerprint density at radius 1 is 1.73 bits per heavy atom. The SMILES string of the molecule is C/C=C(\C#N)c1ccc(Cl)s1. The molecule has 0 saturated carbocycles. The predicted molar refractivity (Wildman–Crippen MR) is 48.6 cm³/mol. The zero-order valence-corrected chi connectivity index (χ0v) is 7.54. The molecule has 0 saturated heterocycles. The molecular weight excluding hydrogens is 178 g/mol. The normalized spacial score (nSPS) is 11.2. The summed E-state index contributed by atoms with van der Waals surface area (Å²) in [7, 11) is 0. The summed E-state index contributed by atoms with van der Waals surface area (Å²) in [5.74, 6) is 0. The fourth-order valence-electron chi connectivity index (χ4n) is 0.721. The van der Waals surface area contributed by atoms with Gasteiger partial charge in [0.15, 0.2) is 0 Å². The smallest absolute Gasteiger partial charge is 0.100 e. The predicted octanol–water partition coefficient (Wildman–Crippen LogP) is 3.33. The maximum atomic E-state index is 8.63. The first-order valence-electron chi connectivity index (χ1n) is 3.10. The number of rotatable bonds is 1. The summed E-state index contributed by atoms with van der Waals surface area (Å²) in [6.07, 6.45) is 1.78. The third kappa shape index (κ3) is 1.83. The molecule has 0 bridgehead atoms. The molecule has 3 heteroatoms. The van der Waals surface area contributed by atoms with E-state index in [1.165, 1.54) is 11.3 Å². The van der Waals surface area contributed by atoms with Gasteiger partial charge in [-0.2, -0.15) is 5.26 Å². The molecular formula is C8H6ClNS. The minimum Gasteiger partial charge on any atom is -0.192 e. The van der Waals surface area contributed by atoms with Crippen LogP contribution in [0.3, 0.4) is 0 Å². The largest absolute Gasteiger partial charge is 0.192 e. The Bertz CT molecular complexity index is 319. The monoisotopic (exact) mass is 183 g/mol. The zero-order valence-electron chi connectivity index (χ0n) is 5.97. The Morgan fingerprint density at radius 3 is 2.82 bits per heavy atom. The van der Waals surface area contributed by atoms with Gasteiger partial charge in [0, 0.05) is 4.88 Å². The summed E-state index contributed by atoms with van der Waals surface area (Å²) in [6, 6.07) is 5.74. The standard InChI is InChI=1S/C8H6ClNS/c1-2-6(5-10)7-3-4-8(9)11-7/h2-4H,1H3/b6-2+. The lowest BCUT2D eigenvalue weighted by Gasteiger charge is -1.87. The van der Waals surface area contributed by atoms with Gasteiger partial charge in [0.25, 0.3) is 0 Å². The molecule has 0 N–H and O–H groups in total. The van der Waals surface area contributed by atoms with Crippen molar-refractivity contribution in [3.8, 4) is 6.07 Å². The van der Waals surface area contributed by atoms with E-state index >= 15 is 0 Å². The van der Waals surface area contributed by atoms with E-state index in [1.54, 1.807) is 12.1 Å². The van der Waals surface area contributed by atoms with Crippen molar-refractivity contribution in [2.75, 3.05) is 0 Å². The second kappa shape index (κ2) is 3.56. The lowest BCUT2D eigenvalue weighted by Crippen LogP contribution is -1.70. The van der Waals surface area contributed by atoms with Crippen LogP contribution in [-0.4, -0.2) is 0 Å². The van der Waals surface area contributed by atoms with Crippen LogP contribution in [0.4, 0.5) is 0 Å². The Balaban J connectivity index is 3.03. The molecule has 1 nitrogen and oxygen atoms in total. The Hall–Kier alpha value is -0.780. The van der Waals surface area contributed by atoms with E-state index in [9.17, 15) is 0 Å². The molecule has 1 heterocycles. The fraction of sp³-hybridized carbons (Fsp3) is 0.125.